The van der Waals surface area contributed by atoms with Crippen LogP contribution in [0.4, 0.5) is 4.79 Å². The zero-order chi connectivity index (χ0) is 16.0. The summed E-state index contributed by atoms with van der Waals surface area (Å²) in [6.45, 7) is 2.37. The summed E-state index contributed by atoms with van der Waals surface area (Å²) in [4.78, 5) is 25.3. The molecule has 0 aromatic heterocycles. The van der Waals surface area contributed by atoms with Gasteiger partial charge >= 0.3 is 12.1 Å². The summed E-state index contributed by atoms with van der Waals surface area (Å²) in [5.41, 5.74) is -0.395. The first-order chi connectivity index (χ1) is 10.6. The number of amides is 1. The maximum Gasteiger partial charge on any atom is 0.410 e. The summed E-state index contributed by atoms with van der Waals surface area (Å²) in [6, 6.07) is 11.3. The lowest BCUT2D eigenvalue weighted by molar-refractivity contribution is -0.151. The van der Waals surface area contributed by atoms with Crippen molar-refractivity contribution in [1.82, 2.24) is 4.90 Å². The van der Waals surface area contributed by atoms with Gasteiger partial charge in [0.15, 0.2) is 5.41 Å². The van der Waals surface area contributed by atoms with Crippen LogP contribution < -0.4 is 0 Å². The number of ether oxygens (including phenoxy) is 2. The van der Waals surface area contributed by atoms with Gasteiger partial charge in [0.05, 0.1) is 19.2 Å². The van der Waals surface area contributed by atoms with E-state index in [1.807, 2.05) is 36.4 Å². The Morgan fingerprint density at radius 3 is 2.68 bits per heavy atom. The third kappa shape index (κ3) is 3.37. The summed E-state index contributed by atoms with van der Waals surface area (Å²) in [6.07, 6.45) is -0.256. The van der Waals surface area contributed by atoms with E-state index in [2.05, 4.69) is 0 Å². The Bertz CT molecular complexity index is 582. The minimum absolute atomic E-state index is 0.00988. The summed E-state index contributed by atoms with van der Waals surface area (Å²) >= 11 is 0. The highest BCUT2D eigenvalue weighted by Gasteiger charge is 2.48. The first-order valence-corrected chi connectivity index (χ1v) is 7.15. The number of carbonyl (C=O) groups excluding carboxylic acids is 2. The minimum atomic E-state index is -1.28. The number of benzene rings is 1. The molecule has 1 fully saturated rings. The second-order valence-electron chi connectivity index (χ2n) is 5.13. The Kier molecular flexibility index (Phi) is 4.99. The monoisotopic (exact) mass is 302 g/mol. The van der Waals surface area contributed by atoms with Gasteiger partial charge in [-0.1, -0.05) is 30.3 Å². The molecule has 1 heterocycles. The second kappa shape index (κ2) is 6.94. The van der Waals surface area contributed by atoms with Crippen molar-refractivity contribution in [3.63, 3.8) is 0 Å². The molecule has 1 atom stereocenters. The first-order valence-electron chi connectivity index (χ1n) is 7.15. The van der Waals surface area contributed by atoms with Crippen LogP contribution in [0.3, 0.4) is 0 Å². The molecule has 2 rings (SSSR count). The molecule has 116 valence electrons. The number of likely N-dealkylation sites (tertiary alicyclic amines) is 1. The van der Waals surface area contributed by atoms with E-state index in [-0.39, 0.29) is 26.2 Å². The third-order valence-electron chi connectivity index (χ3n) is 3.61. The van der Waals surface area contributed by atoms with Crippen LogP contribution in [0.1, 0.15) is 18.9 Å². The van der Waals surface area contributed by atoms with Crippen molar-refractivity contribution in [1.29, 1.82) is 5.26 Å². The van der Waals surface area contributed by atoms with E-state index in [4.69, 9.17) is 9.47 Å². The van der Waals surface area contributed by atoms with E-state index in [1.165, 1.54) is 4.90 Å². The lowest BCUT2D eigenvalue weighted by Gasteiger charge is -2.20. The number of rotatable bonds is 4. The SMILES string of the molecule is CCOC(=O)C1(C#N)CCN(C(=O)OCc2ccccc2)C1. The van der Waals surface area contributed by atoms with Crippen molar-refractivity contribution < 1.29 is 19.1 Å². The maximum absolute atomic E-state index is 12.0. The number of carbonyl (C=O) groups is 2. The fourth-order valence-electron chi connectivity index (χ4n) is 2.35. The van der Waals surface area contributed by atoms with E-state index in [0.29, 0.717) is 6.54 Å². The molecule has 0 saturated carbocycles. The van der Waals surface area contributed by atoms with Crippen LogP contribution in [-0.2, 0) is 20.9 Å². The maximum atomic E-state index is 12.0. The van der Waals surface area contributed by atoms with Crippen molar-refractivity contribution in [2.24, 2.45) is 5.41 Å². The van der Waals surface area contributed by atoms with Crippen LogP contribution in [0.2, 0.25) is 0 Å². The lowest BCUT2D eigenvalue weighted by Crippen LogP contribution is -2.37. The molecule has 1 aromatic carbocycles. The van der Waals surface area contributed by atoms with Crippen LogP contribution in [-0.4, -0.2) is 36.7 Å². The molecule has 1 aliphatic heterocycles. The molecule has 1 aliphatic rings. The fraction of sp³-hybridized carbons (Fsp3) is 0.438. The zero-order valence-electron chi connectivity index (χ0n) is 12.4. The molecule has 22 heavy (non-hydrogen) atoms. The molecule has 0 radical (unpaired) electrons. The van der Waals surface area contributed by atoms with E-state index < -0.39 is 17.5 Å². The lowest BCUT2D eigenvalue weighted by atomic mass is 9.89. The topological polar surface area (TPSA) is 79.6 Å². The van der Waals surface area contributed by atoms with Crippen LogP contribution in [0, 0.1) is 16.7 Å². The van der Waals surface area contributed by atoms with Gasteiger partial charge in [-0.15, -0.1) is 0 Å². The number of hydrogen-bond acceptors (Lipinski definition) is 5. The van der Waals surface area contributed by atoms with Gasteiger partial charge in [-0.05, 0) is 18.9 Å². The highest BCUT2D eigenvalue weighted by atomic mass is 16.6. The van der Waals surface area contributed by atoms with E-state index in [0.717, 1.165) is 5.56 Å². The van der Waals surface area contributed by atoms with Gasteiger partial charge in [0.1, 0.15) is 6.61 Å². The van der Waals surface area contributed by atoms with Crippen molar-refractivity contribution >= 4 is 12.1 Å². The summed E-state index contributed by atoms with van der Waals surface area (Å²) < 4.78 is 10.2. The molecule has 1 unspecified atom stereocenters. The number of nitriles is 1. The average Bonchev–Trinajstić information content (AvgIpc) is 3.00. The highest BCUT2D eigenvalue weighted by Crippen LogP contribution is 2.31. The Labute approximate surface area is 129 Å². The van der Waals surface area contributed by atoms with Crippen molar-refractivity contribution in [3.8, 4) is 6.07 Å². The highest BCUT2D eigenvalue weighted by molar-refractivity contribution is 5.82. The zero-order valence-corrected chi connectivity index (χ0v) is 12.4. The summed E-state index contributed by atoms with van der Waals surface area (Å²) in [5, 5.41) is 9.29. The largest absolute Gasteiger partial charge is 0.465 e. The molecule has 0 bridgehead atoms. The van der Waals surface area contributed by atoms with Gasteiger partial charge in [0.2, 0.25) is 0 Å². The molecular formula is C16H18N2O4. The van der Waals surface area contributed by atoms with Gasteiger partial charge in [0, 0.05) is 6.54 Å². The van der Waals surface area contributed by atoms with Crippen LogP contribution in [0.25, 0.3) is 0 Å². The van der Waals surface area contributed by atoms with Crippen LogP contribution in [0.15, 0.2) is 30.3 Å². The Balaban J connectivity index is 1.93. The van der Waals surface area contributed by atoms with Gasteiger partial charge < -0.3 is 14.4 Å². The summed E-state index contributed by atoms with van der Waals surface area (Å²) in [5.74, 6) is -0.573. The van der Waals surface area contributed by atoms with Crippen molar-refractivity contribution in [2.75, 3.05) is 19.7 Å². The van der Waals surface area contributed by atoms with Crippen LogP contribution in [0.5, 0.6) is 0 Å². The second-order valence-corrected chi connectivity index (χ2v) is 5.13. The number of nitrogens with zero attached hydrogens (tertiary/aromatic N) is 2. The van der Waals surface area contributed by atoms with Gasteiger partial charge in [-0.25, -0.2) is 4.79 Å². The van der Waals surface area contributed by atoms with Gasteiger partial charge in [0.25, 0.3) is 0 Å². The molecule has 0 aliphatic carbocycles. The Morgan fingerprint density at radius 2 is 2.05 bits per heavy atom. The molecule has 1 amide bonds. The Morgan fingerprint density at radius 1 is 1.32 bits per heavy atom. The van der Waals surface area contributed by atoms with Gasteiger partial charge in [-0.2, -0.15) is 5.26 Å². The molecule has 1 saturated heterocycles. The van der Waals surface area contributed by atoms with E-state index >= 15 is 0 Å². The Hall–Kier alpha value is -2.55. The third-order valence-corrected chi connectivity index (χ3v) is 3.61. The molecular weight excluding hydrogens is 284 g/mol. The molecule has 1 aromatic rings. The fourth-order valence-corrected chi connectivity index (χ4v) is 2.35. The molecule has 6 heteroatoms. The standard InChI is InChI=1S/C16H18N2O4/c1-2-21-14(19)16(11-17)8-9-18(12-16)15(20)22-10-13-6-4-3-5-7-13/h3-7H,2,8-10,12H2,1H3. The van der Waals surface area contributed by atoms with Crippen LogP contribution >= 0.6 is 0 Å². The molecule has 6 nitrogen and oxygen atoms in total. The molecule has 0 N–H and O–H groups in total. The smallest absolute Gasteiger partial charge is 0.410 e. The van der Waals surface area contributed by atoms with E-state index in [1.54, 1.807) is 6.92 Å². The minimum Gasteiger partial charge on any atom is -0.465 e. The molecule has 0 spiro atoms. The first kappa shape index (κ1) is 15.8. The number of esters is 1. The van der Waals surface area contributed by atoms with Crippen molar-refractivity contribution in [3.05, 3.63) is 35.9 Å². The quantitative estimate of drug-likeness (QED) is 0.796. The van der Waals surface area contributed by atoms with Gasteiger partial charge in [-0.3, -0.25) is 4.79 Å². The number of hydrogen-bond donors (Lipinski definition) is 0. The average molecular weight is 302 g/mol. The van der Waals surface area contributed by atoms with Crippen molar-refractivity contribution in [2.45, 2.75) is 20.0 Å². The normalized spacial score (nSPS) is 20.3. The predicted octanol–water partition coefficient (Wildman–Crippen LogP) is 2.10. The predicted molar refractivity (Wildman–Crippen MR) is 77.5 cm³/mol. The summed E-state index contributed by atoms with van der Waals surface area (Å²) in [7, 11) is 0. The van der Waals surface area contributed by atoms with E-state index in [9.17, 15) is 14.9 Å².